The molecule has 2 aromatic carbocycles. The molecule has 0 saturated carbocycles. The molecule has 0 spiro atoms. The largest absolute Gasteiger partial charge is 0.478 e. The highest BCUT2D eigenvalue weighted by Gasteiger charge is 2.07. The van der Waals surface area contributed by atoms with Crippen LogP contribution in [0.25, 0.3) is 0 Å². The molecule has 0 unspecified atom stereocenters. The molecule has 6 heteroatoms. The van der Waals surface area contributed by atoms with E-state index in [2.05, 4.69) is 15.8 Å². The van der Waals surface area contributed by atoms with Crippen LogP contribution in [0.5, 0.6) is 0 Å². The number of para-hydroxylation sites is 1. The number of hydrazone groups is 1. The Morgan fingerprint density at radius 3 is 2.43 bits per heavy atom. The lowest BCUT2D eigenvalue weighted by molar-refractivity contribution is 0.0697. The Balaban J connectivity index is 2.04. The van der Waals surface area contributed by atoms with Crippen molar-refractivity contribution in [3.63, 3.8) is 0 Å². The van der Waals surface area contributed by atoms with Gasteiger partial charge in [0.1, 0.15) is 0 Å². The average Bonchev–Trinajstić information content (AvgIpc) is 2.51. The summed E-state index contributed by atoms with van der Waals surface area (Å²) < 4.78 is 0. The van der Waals surface area contributed by atoms with Gasteiger partial charge in [0, 0.05) is 11.3 Å². The van der Waals surface area contributed by atoms with Gasteiger partial charge in [-0.05, 0) is 43.3 Å². The number of benzene rings is 2. The molecule has 23 heavy (non-hydrogen) atoms. The summed E-state index contributed by atoms with van der Waals surface area (Å²) in [6.45, 7) is 3.98. The summed E-state index contributed by atoms with van der Waals surface area (Å²) in [5.41, 5.74) is 6.48. The molecule has 3 N–H and O–H groups in total. The highest BCUT2D eigenvalue weighted by molar-refractivity contribution is 7.80. The van der Waals surface area contributed by atoms with Crippen LogP contribution < -0.4 is 10.7 Å². The van der Waals surface area contributed by atoms with E-state index in [4.69, 9.17) is 17.3 Å². The summed E-state index contributed by atoms with van der Waals surface area (Å²) >= 11 is 5.20. The maximum absolute atomic E-state index is 11.1. The number of hydrogen-bond donors (Lipinski definition) is 3. The maximum Gasteiger partial charge on any atom is 0.336 e. The Kier molecular flexibility index (Phi) is 5.43. The second-order valence-corrected chi connectivity index (χ2v) is 5.39. The maximum atomic E-state index is 11.1. The van der Waals surface area contributed by atoms with Crippen molar-refractivity contribution in [3.8, 4) is 0 Å². The number of hydrogen-bond acceptors (Lipinski definition) is 3. The van der Waals surface area contributed by atoms with Crippen molar-refractivity contribution in [1.29, 1.82) is 0 Å². The van der Waals surface area contributed by atoms with Crippen LogP contribution in [0.4, 0.5) is 5.69 Å². The number of anilines is 1. The van der Waals surface area contributed by atoms with Gasteiger partial charge in [-0.25, -0.2) is 4.79 Å². The molecule has 0 amide bonds. The number of nitrogens with one attached hydrogen (secondary N) is 2. The topological polar surface area (TPSA) is 73.7 Å². The van der Waals surface area contributed by atoms with E-state index >= 15 is 0 Å². The first-order valence-electron chi connectivity index (χ1n) is 6.97. The van der Waals surface area contributed by atoms with Crippen molar-refractivity contribution < 1.29 is 9.90 Å². The first-order chi connectivity index (χ1) is 11.0. The van der Waals surface area contributed by atoms with Gasteiger partial charge in [-0.2, -0.15) is 5.10 Å². The number of rotatable bonds is 4. The minimum atomic E-state index is -0.997. The first kappa shape index (κ1) is 16.6. The van der Waals surface area contributed by atoms with Crippen LogP contribution in [-0.2, 0) is 0 Å². The molecular weight excluding hydrogens is 310 g/mol. The molecule has 2 rings (SSSR count). The van der Waals surface area contributed by atoms with Gasteiger partial charge in [-0.15, -0.1) is 0 Å². The number of nitrogens with zero attached hydrogens (tertiary/aromatic N) is 1. The second kappa shape index (κ2) is 7.51. The second-order valence-electron chi connectivity index (χ2n) is 4.98. The lowest BCUT2D eigenvalue weighted by atomic mass is 10.1. The first-order valence-corrected chi connectivity index (χ1v) is 7.38. The van der Waals surface area contributed by atoms with Gasteiger partial charge in [-0.1, -0.05) is 36.4 Å². The fraction of sp³-hybridized carbons (Fsp3) is 0.118. The zero-order chi connectivity index (χ0) is 16.8. The fourth-order valence-corrected chi connectivity index (χ4v) is 2.27. The van der Waals surface area contributed by atoms with E-state index in [1.807, 2.05) is 32.0 Å². The van der Waals surface area contributed by atoms with Crippen LogP contribution in [0.1, 0.15) is 27.0 Å². The Morgan fingerprint density at radius 1 is 1.13 bits per heavy atom. The van der Waals surface area contributed by atoms with Crippen molar-refractivity contribution in [3.05, 3.63) is 64.7 Å². The Bertz CT molecular complexity index is 752. The third kappa shape index (κ3) is 4.37. The standard InChI is InChI=1S/C17H17N3O2S/c1-11-6-5-7-12(2)15(11)19-17(23)20-18-10-13-8-3-4-9-14(13)16(21)22/h3-10H,1-2H3,(H,21,22)(H2,19,20,23)/b18-10-. The van der Waals surface area contributed by atoms with Gasteiger partial charge in [-0.3, -0.25) is 5.43 Å². The fourth-order valence-electron chi connectivity index (χ4n) is 2.12. The molecular formula is C17H17N3O2S. The van der Waals surface area contributed by atoms with Crippen molar-refractivity contribution in [2.75, 3.05) is 5.32 Å². The predicted octanol–water partition coefficient (Wildman–Crippen LogP) is 3.32. The highest BCUT2D eigenvalue weighted by atomic mass is 32.1. The predicted molar refractivity (Wildman–Crippen MR) is 96.3 cm³/mol. The number of aromatic carboxylic acids is 1. The van der Waals surface area contributed by atoms with Crippen molar-refractivity contribution in [2.45, 2.75) is 13.8 Å². The lowest BCUT2D eigenvalue weighted by Crippen LogP contribution is -2.24. The zero-order valence-electron chi connectivity index (χ0n) is 12.8. The monoisotopic (exact) mass is 327 g/mol. The number of carbonyl (C=O) groups is 1. The molecule has 0 saturated heterocycles. The van der Waals surface area contributed by atoms with Crippen LogP contribution in [0.15, 0.2) is 47.6 Å². The molecule has 118 valence electrons. The third-order valence-electron chi connectivity index (χ3n) is 3.28. The van der Waals surface area contributed by atoms with Crippen molar-refractivity contribution in [2.24, 2.45) is 5.10 Å². The molecule has 0 aliphatic rings. The molecule has 0 aromatic heterocycles. The summed E-state index contributed by atoms with van der Waals surface area (Å²) in [6.07, 6.45) is 1.43. The van der Waals surface area contributed by atoms with Crippen molar-refractivity contribution in [1.82, 2.24) is 5.43 Å². The quantitative estimate of drug-likeness (QED) is 0.456. The van der Waals surface area contributed by atoms with E-state index in [9.17, 15) is 4.79 Å². The molecule has 0 fully saturated rings. The summed E-state index contributed by atoms with van der Waals surface area (Å²) in [6, 6.07) is 12.6. The minimum Gasteiger partial charge on any atom is -0.478 e. The van der Waals surface area contributed by atoms with Crippen LogP contribution >= 0.6 is 12.2 Å². The van der Waals surface area contributed by atoms with Gasteiger partial charge in [0.25, 0.3) is 0 Å². The lowest BCUT2D eigenvalue weighted by Gasteiger charge is -2.12. The van der Waals surface area contributed by atoms with E-state index in [1.165, 1.54) is 12.3 Å². The van der Waals surface area contributed by atoms with E-state index in [-0.39, 0.29) is 5.56 Å². The van der Waals surface area contributed by atoms with Crippen LogP contribution in [0.2, 0.25) is 0 Å². The van der Waals surface area contributed by atoms with Crippen LogP contribution in [-0.4, -0.2) is 22.4 Å². The van der Waals surface area contributed by atoms with Gasteiger partial charge >= 0.3 is 5.97 Å². The Labute approximate surface area is 140 Å². The summed E-state index contributed by atoms with van der Waals surface area (Å²) in [7, 11) is 0. The van der Waals surface area contributed by atoms with Gasteiger partial charge < -0.3 is 10.4 Å². The summed E-state index contributed by atoms with van der Waals surface area (Å²) in [5.74, 6) is -0.997. The number of aryl methyl sites for hydroxylation is 2. The summed E-state index contributed by atoms with van der Waals surface area (Å²) in [4.78, 5) is 11.1. The van der Waals surface area contributed by atoms with E-state index in [1.54, 1.807) is 18.2 Å². The van der Waals surface area contributed by atoms with Crippen LogP contribution in [0.3, 0.4) is 0 Å². The number of carboxylic acids is 1. The van der Waals surface area contributed by atoms with Gasteiger partial charge in [0.15, 0.2) is 5.11 Å². The number of carboxylic acid groups (broad SMARTS) is 1. The molecule has 0 radical (unpaired) electrons. The van der Waals surface area contributed by atoms with Crippen LogP contribution in [0, 0.1) is 13.8 Å². The van der Waals surface area contributed by atoms with Gasteiger partial charge in [0.05, 0.1) is 11.8 Å². The molecule has 0 heterocycles. The Morgan fingerprint density at radius 2 is 1.78 bits per heavy atom. The summed E-state index contributed by atoms with van der Waals surface area (Å²) in [5, 5.41) is 16.5. The SMILES string of the molecule is Cc1cccc(C)c1NC(=S)N/N=C\c1ccccc1C(=O)O. The third-order valence-corrected chi connectivity index (χ3v) is 3.47. The molecule has 0 bridgehead atoms. The van der Waals surface area contributed by atoms with Gasteiger partial charge in [0.2, 0.25) is 0 Å². The van der Waals surface area contributed by atoms with E-state index < -0.39 is 5.97 Å². The number of thiocarbonyl (C=S) groups is 1. The minimum absolute atomic E-state index is 0.187. The molecule has 0 atom stereocenters. The molecule has 5 nitrogen and oxygen atoms in total. The molecule has 0 aliphatic heterocycles. The van der Waals surface area contributed by atoms with E-state index in [0.29, 0.717) is 10.7 Å². The smallest absolute Gasteiger partial charge is 0.336 e. The van der Waals surface area contributed by atoms with Crippen molar-refractivity contribution >= 4 is 35.2 Å². The average molecular weight is 327 g/mol. The van der Waals surface area contributed by atoms with E-state index in [0.717, 1.165) is 16.8 Å². The molecule has 0 aliphatic carbocycles. The molecule has 2 aromatic rings. The Hall–Kier alpha value is -2.73. The normalized spacial score (nSPS) is 10.5. The zero-order valence-corrected chi connectivity index (χ0v) is 13.6. The highest BCUT2D eigenvalue weighted by Crippen LogP contribution is 2.19.